The van der Waals surface area contributed by atoms with E-state index in [4.69, 9.17) is 5.11 Å². The Morgan fingerprint density at radius 2 is 2.21 bits per heavy atom. The molecule has 0 saturated heterocycles. The zero-order chi connectivity index (χ0) is 14.5. The second kappa shape index (κ2) is 6.48. The van der Waals surface area contributed by atoms with Gasteiger partial charge in [0.25, 0.3) is 0 Å². The number of nitrogens with one attached hydrogen (secondary N) is 2. The molecule has 2 amide bonds. The molecule has 0 aliphatic carbocycles. The molecule has 0 aliphatic rings. The number of thiazole rings is 1. The fourth-order valence-corrected chi connectivity index (χ4v) is 2.35. The molecule has 1 aromatic heterocycles. The molecule has 0 bridgehead atoms. The van der Waals surface area contributed by atoms with Gasteiger partial charge in [-0.3, -0.25) is 5.32 Å². The minimum absolute atomic E-state index is 0.195. The first-order valence-corrected chi connectivity index (χ1v) is 8.09. The summed E-state index contributed by atoms with van der Waals surface area (Å²) in [6, 6.07) is -2.01. The van der Waals surface area contributed by atoms with E-state index in [-0.39, 0.29) is 12.2 Å². The van der Waals surface area contributed by atoms with Crippen LogP contribution in [0.1, 0.15) is 6.42 Å². The van der Waals surface area contributed by atoms with Crippen LogP contribution in [0.15, 0.2) is 11.6 Å². The van der Waals surface area contributed by atoms with E-state index >= 15 is 0 Å². The van der Waals surface area contributed by atoms with Gasteiger partial charge in [-0.25, -0.2) is 23.0 Å². The molecule has 0 spiro atoms. The van der Waals surface area contributed by atoms with Gasteiger partial charge in [0.15, 0.2) is 5.13 Å². The lowest BCUT2D eigenvalue weighted by Gasteiger charge is -2.13. The van der Waals surface area contributed by atoms with Gasteiger partial charge in [-0.1, -0.05) is 0 Å². The summed E-state index contributed by atoms with van der Waals surface area (Å²) >= 11 is 1.18. The van der Waals surface area contributed by atoms with E-state index in [9.17, 15) is 18.0 Å². The molecule has 1 unspecified atom stereocenters. The molecule has 10 heteroatoms. The highest BCUT2D eigenvalue weighted by Crippen LogP contribution is 2.09. The summed E-state index contributed by atoms with van der Waals surface area (Å²) in [6.07, 6.45) is 2.29. The van der Waals surface area contributed by atoms with Crippen LogP contribution in [0.2, 0.25) is 0 Å². The van der Waals surface area contributed by atoms with Crippen molar-refractivity contribution in [2.45, 2.75) is 12.5 Å². The Hall–Kier alpha value is -1.68. The van der Waals surface area contributed by atoms with E-state index in [1.807, 2.05) is 0 Å². The molecular weight excluding hydrogens is 294 g/mol. The van der Waals surface area contributed by atoms with Crippen molar-refractivity contribution in [2.75, 3.05) is 17.3 Å². The highest BCUT2D eigenvalue weighted by atomic mass is 32.2. The lowest BCUT2D eigenvalue weighted by atomic mass is 10.2. The van der Waals surface area contributed by atoms with Crippen molar-refractivity contribution in [1.29, 1.82) is 0 Å². The monoisotopic (exact) mass is 307 g/mol. The van der Waals surface area contributed by atoms with E-state index in [2.05, 4.69) is 15.6 Å². The van der Waals surface area contributed by atoms with Crippen LogP contribution in [-0.4, -0.2) is 48.6 Å². The van der Waals surface area contributed by atoms with Crippen molar-refractivity contribution in [1.82, 2.24) is 10.3 Å². The van der Waals surface area contributed by atoms with Crippen LogP contribution in [0.25, 0.3) is 0 Å². The zero-order valence-electron chi connectivity index (χ0n) is 9.99. The quantitative estimate of drug-likeness (QED) is 0.687. The first-order valence-electron chi connectivity index (χ1n) is 5.15. The van der Waals surface area contributed by atoms with Gasteiger partial charge in [-0.15, -0.1) is 11.3 Å². The number of sulfone groups is 1. The molecule has 1 heterocycles. The van der Waals surface area contributed by atoms with Crippen molar-refractivity contribution in [3.63, 3.8) is 0 Å². The second-order valence-corrected chi connectivity index (χ2v) is 6.90. The number of carboxylic acids is 1. The van der Waals surface area contributed by atoms with Gasteiger partial charge in [-0.2, -0.15) is 0 Å². The van der Waals surface area contributed by atoms with Gasteiger partial charge in [0.2, 0.25) is 0 Å². The predicted octanol–water partition coefficient (Wildman–Crippen LogP) is 0.152. The van der Waals surface area contributed by atoms with Crippen LogP contribution in [0.5, 0.6) is 0 Å². The molecular formula is C9H13N3O5S2. The number of hydrogen-bond donors (Lipinski definition) is 3. The zero-order valence-corrected chi connectivity index (χ0v) is 11.6. The third-order valence-corrected chi connectivity index (χ3v) is 3.70. The molecule has 1 rings (SSSR count). The van der Waals surface area contributed by atoms with Gasteiger partial charge in [0.05, 0.1) is 5.75 Å². The number of aliphatic carboxylic acids is 1. The average Bonchev–Trinajstić information content (AvgIpc) is 2.75. The third kappa shape index (κ3) is 6.15. The van der Waals surface area contributed by atoms with E-state index in [1.165, 1.54) is 17.5 Å². The Bertz CT molecular complexity index is 540. The maximum Gasteiger partial charge on any atom is 0.326 e. The number of aromatic nitrogens is 1. The van der Waals surface area contributed by atoms with Gasteiger partial charge in [0.1, 0.15) is 15.9 Å². The minimum Gasteiger partial charge on any atom is -0.480 e. The lowest BCUT2D eigenvalue weighted by Crippen LogP contribution is -2.43. The highest BCUT2D eigenvalue weighted by Gasteiger charge is 2.21. The Labute approximate surface area is 113 Å². The topological polar surface area (TPSA) is 125 Å². The largest absolute Gasteiger partial charge is 0.480 e. The van der Waals surface area contributed by atoms with Gasteiger partial charge in [0, 0.05) is 17.8 Å². The fraction of sp³-hybridized carbons (Fsp3) is 0.444. The molecule has 106 valence electrons. The van der Waals surface area contributed by atoms with E-state index in [1.54, 1.807) is 5.38 Å². The third-order valence-electron chi connectivity index (χ3n) is 2.03. The number of anilines is 1. The van der Waals surface area contributed by atoms with E-state index < -0.39 is 27.9 Å². The number of urea groups is 1. The number of nitrogens with zero attached hydrogens (tertiary/aromatic N) is 1. The number of carboxylic acid groups (broad SMARTS) is 1. The Morgan fingerprint density at radius 3 is 2.68 bits per heavy atom. The van der Waals surface area contributed by atoms with Gasteiger partial charge < -0.3 is 10.4 Å². The predicted molar refractivity (Wildman–Crippen MR) is 70.0 cm³/mol. The molecule has 3 N–H and O–H groups in total. The summed E-state index contributed by atoms with van der Waals surface area (Å²) in [6.45, 7) is 0. The Morgan fingerprint density at radius 1 is 1.53 bits per heavy atom. The summed E-state index contributed by atoms with van der Waals surface area (Å²) in [5, 5.41) is 15.4. The highest BCUT2D eigenvalue weighted by molar-refractivity contribution is 7.90. The number of amides is 2. The van der Waals surface area contributed by atoms with Crippen LogP contribution in [-0.2, 0) is 14.6 Å². The normalized spacial score (nSPS) is 12.7. The van der Waals surface area contributed by atoms with Crippen molar-refractivity contribution in [3.05, 3.63) is 11.6 Å². The standard InChI is InChI=1S/C9H13N3O5S2/c1-19(16,17)5-2-6(7(13)14)11-8(15)12-9-10-3-4-18-9/h3-4,6H,2,5H2,1H3,(H,13,14)(H2,10,11,12,15). The van der Waals surface area contributed by atoms with Crippen molar-refractivity contribution < 1.29 is 23.1 Å². The fourth-order valence-electron chi connectivity index (χ4n) is 1.17. The van der Waals surface area contributed by atoms with Crippen LogP contribution in [0, 0.1) is 0 Å². The smallest absolute Gasteiger partial charge is 0.326 e. The SMILES string of the molecule is CS(=O)(=O)CCC(NC(=O)Nc1nccs1)C(=O)O. The van der Waals surface area contributed by atoms with E-state index in [0.29, 0.717) is 5.13 Å². The average molecular weight is 307 g/mol. The van der Waals surface area contributed by atoms with Crippen LogP contribution in [0.3, 0.4) is 0 Å². The number of rotatable bonds is 6. The molecule has 1 aromatic rings. The Balaban J connectivity index is 2.53. The number of hydrogen-bond acceptors (Lipinski definition) is 6. The Kier molecular flexibility index (Phi) is 5.24. The second-order valence-electron chi connectivity index (χ2n) is 3.75. The number of carbonyl (C=O) groups excluding carboxylic acids is 1. The summed E-state index contributed by atoms with van der Waals surface area (Å²) in [5.41, 5.74) is 0. The lowest BCUT2D eigenvalue weighted by molar-refractivity contribution is -0.139. The number of carbonyl (C=O) groups is 2. The van der Waals surface area contributed by atoms with Crippen LogP contribution in [0.4, 0.5) is 9.93 Å². The van der Waals surface area contributed by atoms with Crippen LogP contribution >= 0.6 is 11.3 Å². The first-order chi connectivity index (χ1) is 8.78. The summed E-state index contributed by atoms with van der Waals surface area (Å²) in [4.78, 5) is 26.2. The molecule has 0 saturated carbocycles. The van der Waals surface area contributed by atoms with Gasteiger partial charge in [-0.05, 0) is 6.42 Å². The molecule has 1 atom stereocenters. The molecule has 0 fully saturated rings. The molecule has 0 aliphatic heterocycles. The summed E-state index contributed by atoms with van der Waals surface area (Å²) in [7, 11) is -3.28. The summed E-state index contributed by atoms with van der Waals surface area (Å²) < 4.78 is 21.9. The first kappa shape index (κ1) is 15.4. The van der Waals surface area contributed by atoms with Crippen molar-refractivity contribution in [3.8, 4) is 0 Å². The summed E-state index contributed by atoms with van der Waals surface area (Å²) in [5.74, 6) is -1.61. The maximum atomic E-state index is 11.5. The molecule has 0 aromatic carbocycles. The van der Waals surface area contributed by atoms with Crippen molar-refractivity contribution in [2.24, 2.45) is 0 Å². The van der Waals surface area contributed by atoms with Crippen molar-refractivity contribution >= 4 is 38.3 Å². The maximum absolute atomic E-state index is 11.5. The minimum atomic E-state index is -3.28. The van der Waals surface area contributed by atoms with E-state index in [0.717, 1.165) is 6.26 Å². The van der Waals surface area contributed by atoms with Crippen LogP contribution < -0.4 is 10.6 Å². The molecule has 0 radical (unpaired) electrons. The van der Waals surface area contributed by atoms with Gasteiger partial charge >= 0.3 is 12.0 Å². The molecule has 8 nitrogen and oxygen atoms in total. The molecule has 19 heavy (non-hydrogen) atoms.